The van der Waals surface area contributed by atoms with E-state index in [0.29, 0.717) is 19.6 Å². The first kappa shape index (κ1) is 14.9. The quantitative estimate of drug-likeness (QED) is 0.868. The van der Waals surface area contributed by atoms with Gasteiger partial charge in [-0.1, -0.05) is 25.1 Å². The van der Waals surface area contributed by atoms with Crippen LogP contribution < -0.4 is 10.1 Å². The van der Waals surface area contributed by atoms with Gasteiger partial charge >= 0.3 is 0 Å². The highest BCUT2D eigenvalue weighted by molar-refractivity contribution is 5.78. The Labute approximate surface area is 120 Å². The Morgan fingerprint density at radius 2 is 2.25 bits per heavy atom. The Kier molecular flexibility index (Phi) is 5.87. The van der Waals surface area contributed by atoms with Crippen molar-refractivity contribution < 1.29 is 14.3 Å². The van der Waals surface area contributed by atoms with Gasteiger partial charge in [0, 0.05) is 12.5 Å². The van der Waals surface area contributed by atoms with Gasteiger partial charge in [0.05, 0.1) is 19.3 Å². The van der Waals surface area contributed by atoms with Gasteiger partial charge in [0.15, 0.2) is 0 Å². The summed E-state index contributed by atoms with van der Waals surface area (Å²) >= 11 is 0. The summed E-state index contributed by atoms with van der Waals surface area (Å²) in [6, 6.07) is 9.85. The van der Waals surface area contributed by atoms with E-state index < -0.39 is 0 Å². The zero-order valence-electron chi connectivity index (χ0n) is 12.0. The Morgan fingerprint density at radius 3 is 2.95 bits per heavy atom. The van der Waals surface area contributed by atoms with Gasteiger partial charge in [-0.2, -0.15) is 0 Å². The second-order valence-corrected chi connectivity index (χ2v) is 5.27. The minimum absolute atomic E-state index is 0.0411. The molecule has 1 amide bonds. The van der Waals surface area contributed by atoms with Gasteiger partial charge in [0.1, 0.15) is 5.75 Å². The molecule has 1 aromatic rings. The molecule has 20 heavy (non-hydrogen) atoms. The number of carbonyl (C=O) groups excluding carboxylic acids is 1. The van der Waals surface area contributed by atoms with Gasteiger partial charge < -0.3 is 14.8 Å². The van der Waals surface area contributed by atoms with E-state index in [1.165, 1.54) is 0 Å². The maximum atomic E-state index is 12.0. The van der Waals surface area contributed by atoms with Crippen LogP contribution in [-0.4, -0.2) is 31.8 Å². The number of carbonyl (C=O) groups is 1. The van der Waals surface area contributed by atoms with Crippen molar-refractivity contribution in [2.75, 3.05) is 19.8 Å². The number of hydrogen-bond donors (Lipinski definition) is 1. The van der Waals surface area contributed by atoms with Crippen molar-refractivity contribution in [2.45, 2.75) is 32.2 Å². The molecule has 110 valence electrons. The lowest BCUT2D eigenvalue weighted by atomic mass is 10.1. The number of ether oxygens (including phenoxy) is 2. The predicted molar refractivity (Wildman–Crippen MR) is 77.7 cm³/mol. The van der Waals surface area contributed by atoms with Crippen LogP contribution in [-0.2, 0) is 9.53 Å². The molecule has 0 aromatic heterocycles. The summed E-state index contributed by atoms with van der Waals surface area (Å²) in [6.07, 6.45) is 2.75. The smallest absolute Gasteiger partial charge is 0.223 e. The van der Waals surface area contributed by atoms with Crippen molar-refractivity contribution >= 4 is 5.91 Å². The number of hydrogen-bond acceptors (Lipinski definition) is 3. The van der Waals surface area contributed by atoms with E-state index in [4.69, 9.17) is 9.47 Å². The fraction of sp³-hybridized carbons (Fsp3) is 0.562. The molecular formula is C16H23NO3. The van der Waals surface area contributed by atoms with Crippen LogP contribution in [0.5, 0.6) is 5.75 Å². The van der Waals surface area contributed by atoms with Crippen molar-refractivity contribution in [3.63, 3.8) is 0 Å². The minimum Gasteiger partial charge on any atom is -0.494 e. The Balaban J connectivity index is 1.65. The molecular weight excluding hydrogens is 254 g/mol. The summed E-state index contributed by atoms with van der Waals surface area (Å²) in [4.78, 5) is 12.0. The van der Waals surface area contributed by atoms with E-state index in [9.17, 15) is 4.79 Å². The van der Waals surface area contributed by atoms with E-state index in [1.807, 2.05) is 37.3 Å². The molecule has 0 bridgehead atoms. The fourth-order valence-corrected chi connectivity index (χ4v) is 2.20. The molecule has 1 heterocycles. The van der Waals surface area contributed by atoms with Crippen molar-refractivity contribution in [3.05, 3.63) is 30.3 Å². The molecule has 1 fully saturated rings. The van der Waals surface area contributed by atoms with Gasteiger partial charge in [0.2, 0.25) is 5.91 Å². The van der Waals surface area contributed by atoms with E-state index in [-0.39, 0.29) is 17.9 Å². The molecule has 0 saturated carbocycles. The van der Waals surface area contributed by atoms with E-state index >= 15 is 0 Å². The van der Waals surface area contributed by atoms with Crippen molar-refractivity contribution in [2.24, 2.45) is 5.92 Å². The Hall–Kier alpha value is -1.55. The largest absolute Gasteiger partial charge is 0.494 e. The second-order valence-electron chi connectivity index (χ2n) is 5.27. The number of para-hydroxylation sites is 1. The summed E-state index contributed by atoms with van der Waals surface area (Å²) in [7, 11) is 0. The molecule has 1 aromatic carbocycles. The standard InChI is InChI=1S/C16H23NO3/c1-13(9-11-20-15-7-3-2-4-8-15)16(18)17-14-6-5-10-19-12-14/h2-4,7-8,13-14H,5-6,9-12H2,1H3,(H,17,18)/t13-,14+/m1/s1. The maximum absolute atomic E-state index is 12.0. The van der Waals surface area contributed by atoms with Crippen molar-refractivity contribution in [3.8, 4) is 5.75 Å². The lowest BCUT2D eigenvalue weighted by Gasteiger charge is -2.24. The fourth-order valence-electron chi connectivity index (χ4n) is 2.20. The van der Waals surface area contributed by atoms with Crippen LogP contribution in [0.15, 0.2) is 30.3 Å². The molecule has 0 aliphatic carbocycles. The average Bonchev–Trinajstić information content (AvgIpc) is 2.49. The van der Waals surface area contributed by atoms with Crippen molar-refractivity contribution in [1.82, 2.24) is 5.32 Å². The van der Waals surface area contributed by atoms with Gasteiger partial charge in [-0.15, -0.1) is 0 Å². The third-order valence-corrected chi connectivity index (χ3v) is 3.52. The van der Waals surface area contributed by atoms with Crippen molar-refractivity contribution in [1.29, 1.82) is 0 Å². The third-order valence-electron chi connectivity index (χ3n) is 3.52. The van der Waals surface area contributed by atoms with E-state index in [2.05, 4.69) is 5.32 Å². The number of nitrogens with one attached hydrogen (secondary N) is 1. The molecule has 1 N–H and O–H groups in total. The first-order chi connectivity index (χ1) is 9.75. The molecule has 2 atom stereocenters. The topological polar surface area (TPSA) is 47.6 Å². The minimum atomic E-state index is -0.0411. The highest BCUT2D eigenvalue weighted by Crippen LogP contribution is 2.12. The molecule has 0 unspecified atom stereocenters. The highest BCUT2D eigenvalue weighted by Gasteiger charge is 2.19. The van der Waals surface area contributed by atoms with Gasteiger partial charge in [-0.05, 0) is 31.4 Å². The van der Waals surface area contributed by atoms with Crippen LogP contribution >= 0.6 is 0 Å². The maximum Gasteiger partial charge on any atom is 0.223 e. The molecule has 2 rings (SSSR count). The molecule has 1 aliphatic rings. The number of benzene rings is 1. The third kappa shape index (κ3) is 4.85. The first-order valence-corrected chi connectivity index (χ1v) is 7.31. The lowest BCUT2D eigenvalue weighted by molar-refractivity contribution is -0.126. The van der Waals surface area contributed by atoms with Crippen LogP contribution in [0.4, 0.5) is 0 Å². The Bertz CT molecular complexity index is 401. The highest BCUT2D eigenvalue weighted by atomic mass is 16.5. The zero-order chi connectivity index (χ0) is 14.2. The molecule has 4 nitrogen and oxygen atoms in total. The van der Waals surface area contributed by atoms with E-state index in [0.717, 1.165) is 25.2 Å². The number of rotatable bonds is 6. The number of amides is 1. The molecule has 1 saturated heterocycles. The molecule has 1 aliphatic heterocycles. The molecule has 4 heteroatoms. The van der Waals surface area contributed by atoms with Gasteiger partial charge in [0.25, 0.3) is 0 Å². The van der Waals surface area contributed by atoms with Crippen LogP contribution in [0.2, 0.25) is 0 Å². The molecule has 0 radical (unpaired) electrons. The summed E-state index contributed by atoms with van der Waals surface area (Å²) < 4.78 is 11.0. The normalized spacial score (nSPS) is 20.1. The summed E-state index contributed by atoms with van der Waals surface area (Å²) in [5.41, 5.74) is 0. The van der Waals surface area contributed by atoms with Gasteiger partial charge in [-0.3, -0.25) is 4.79 Å². The SMILES string of the molecule is C[C@H](CCOc1ccccc1)C(=O)N[C@H]1CCCOC1. The van der Waals surface area contributed by atoms with Crippen LogP contribution in [0.25, 0.3) is 0 Å². The Morgan fingerprint density at radius 1 is 1.45 bits per heavy atom. The predicted octanol–water partition coefficient (Wildman–Crippen LogP) is 2.39. The summed E-state index contributed by atoms with van der Waals surface area (Å²) in [5.74, 6) is 0.901. The van der Waals surface area contributed by atoms with Gasteiger partial charge in [-0.25, -0.2) is 0 Å². The first-order valence-electron chi connectivity index (χ1n) is 7.31. The van der Waals surface area contributed by atoms with Crippen LogP contribution in [0.1, 0.15) is 26.2 Å². The molecule has 0 spiro atoms. The summed E-state index contributed by atoms with van der Waals surface area (Å²) in [5, 5.41) is 3.05. The zero-order valence-corrected chi connectivity index (χ0v) is 12.0. The monoisotopic (exact) mass is 277 g/mol. The second kappa shape index (κ2) is 7.90. The van der Waals surface area contributed by atoms with E-state index in [1.54, 1.807) is 0 Å². The lowest BCUT2D eigenvalue weighted by Crippen LogP contribution is -2.43. The summed E-state index contributed by atoms with van der Waals surface area (Å²) in [6.45, 7) is 3.94. The van der Waals surface area contributed by atoms with Crippen LogP contribution in [0, 0.1) is 5.92 Å². The average molecular weight is 277 g/mol. The van der Waals surface area contributed by atoms with Crippen LogP contribution in [0.3, 0.4) is 0 Å².